The van der Waals surface area contributed by atoms with Gasteiger partial charge in [-0.15, -0.1) is 0 Å². The number of hydrogen-bond acceptors (Lipinski definition) is 5. The minimum Gasteiger partial charge on any atom is -0.373 e. The van der Waals surface area contributed by atoms with Crippen LogP contribution in [0.15, 0.2) is 4.52 Å². The maximum Gasteiger partial charge on any atom is 0.246 e. The molecule has 0 amide bonds. The molecule has 1 aromatic rings. The second-order valence-electron chi connectivity index (χ2n) is 4.58. The fraction of sp³-hybridized carbons (Fsp3) is 0.800. The summed E-state index contributed by atoms with van der Waals surface area (Å²) in [6, 6.07) is 0. The normalized spacial score (nSPS) is 14.6. The molecule has 0 saturated carbocycles. The predicted octanol–water partition coefficient (Wildman–Crippen LogP) is 1.61. The van der Waals surface area contributed by atoms with Gasteiger partial charge >= 0.3 is 0 Å². The van der Waals surface area contributed by atoms with E-state index in [0.717, 1.165) is 0 Å². The van der Waals surface area contributed by atoms with Gasteiger partial charge in [-0.2, -0.15) is 4.98 Å². The highest BCUT2D eigenvalue weighted by molar-refractivity contribution is 5.00. The second-order valence-corrected chi connectivity index (χ2v) is 4.58. The van der Waals surface area contributed by atoms with Crippen molar-refractivity contribution in [2.75, 3.05) is 7.11 Å². The second kappa shape index (κ2) is 4.28. The number of ether oxygens (including phenoxy) is 1. The van der Waals surface area contributed by atoms with E-state index in [-0.39, 0.29) is 6.10 Å². The molecule has 0 aliphatic rings. The Morgan fingerprint density at radius 1 is 1.40 bits per heavy atom. The highest BCUT2D eigenvalue weighted by atomic mass is 16.5. The smallest absolute Gasteiger partial charge is 0.246 e. The molecular weight excluding hydrogens is 194 g/mol. The van der Waals surface area contributed by atoms with Crippen LogP contribution >= 0.6 is 0 Å². The number of aromatic nitrogens is 2. The molecule has 5 heteroatoms. The molecule has 0 fully saturated rings. The standard InChI is InChI=1S/C10H19N3O2/c1-6(2)7(14-5)8-12-9(15-13-8)10(3,4)11/h6-7H,11H2,1-5H3. The molecule has 0 aliphatic carbocycles. The van der Waals surface area contributed by atoms with Crippen LogP contribution in [-0.2, 0) is 10.3 Å². The van der Waals surface area contributed by atoms with Crippen molar-refractivity contribution < 1.29 is 9.26 Å². The highest BCUT2D eigenvalue weighted by Gasteiger charge is 2.26. The minimum atomic E-state index is -0.611. The van der Waals surface area contributed by atoms with Crippen molar-refractivity contribution in [3.63, 3.8) is 0 Å². The fourth-order valence-corrected chi connectivity index (χ4v) is 1.29. The number of hydrogen-bond donors (Lipinski definition) is 1. The third kappa shape index (κ3) is 2.76. The highest BCUT2D eigenvalue weighted by Crippen LogP contribution is 2.24. The van der Waals surface area contributed by atoms with Gasteiger partial charge in [-0.1, -0.05) is 19.0 Å². The SMILES string of the molecule is COC(c1noc(C(C)(C)N)n1)C(C)C. The van der Waals surface area contributed by atoms with Crippen LogP contribution in [0.25, 0.3) is 0 Å². The van der Waals surface area contributed by atoms with Gasteiger partial charge in [0, 0.05) is 7.11 Å². The van der Waals surface area contributed by atoms with Crippen molar-refractivity contribution in [2.45, 2.75) is 39.3 Å². The first kappa shape index (κ1) is 12.1. The zero-order valence-electron chi connectivity index (χ0n) is 9.94. The van der Waals surface area contributed by atoms with Crippen LogP contribution in [0.4, 0.5) is 0 Å². The zero-order valence-corrected chi connectivity index (χ0v) is 9.94. The molecule has 0 radical (unpaired) electrons. The van der Waals surface area contributed by atoms with Crippen molar-refractivity contribution in [3.8, 4) is 0 Å². The third-order valence-electron chi connectivity index (χ3n) is 2.11. The lowest BCUT2D eigenvalue weighted by molar-refractivity contribution is 0.0555. The van der Waals surface area contributed by atoms with Crippen LogP contribution in [0.5, 0.6) is 0 Å². The number of nitrogens with two attached hydrogens (primary N) is 1. The fourth-order valence-electron chi connectivity index (χ4n) is 1.29. The van der Waals surface area contributed by atoms with E-state index in [2.05, 4.69) is 10.1 Å². The molecule has 1 heterocycles. The van der Waals surface area contributed by atoms with Crippen molar-refractivity contribution in [1.29, 1.82) is 0 Å². The Kier molecular flexibility index (Phi) is 3.46. The molecule has 2 N–H and O–H groups in total. The van der Waals surface area contributed by atoms with E-state index in [0.29, 0.717) is 17.6 Å². The Bertz CT molecular complexity index is 315. The molecule has 1 atom stereocenters. The van der Waals surface area contributed by atoms with E-state index in [1.807, 2.05) is 27.7 Å². The van der Waals surface area contributed by atoms with Gasteiger partial charge in [0.25, 0.3) is 0 Å². The van der Waals surface area contributed by atoms with Gasteiger partial charge in [0.2, 0.25) is 11.7 Å². The molecule has 0 bridgehead atoms. The summed E-state index contributed by atoms with van der Waals surface area (Å²) in [5, 5.41) is 3.88. The first-order valence-electron chi connectivity index (χ1n) is 5.02. The lowest BCUT2D eigenvalue weighted by Gasteiger charge is -2.15. The van der Waals surface area contributed by atoms with Crippen LogP contribution in [0.3, 0.4) is 0 Å². The van der Waals surface area contributed by atoms with Crippen molar-refractivity contribution in [3.05, 3.63) is 11.7 Å². The van der Waals surface area contributed by atoms with E-state index in [4.69, 9.17) is 15.0 Å². The topological polar surface area (TPSA) is 74.2 Å². The van der Waals surface area contributed by atoms with Gasteiger partial charge in [0.15, 0.2) is 0 Å². The summed E-state index contributed by atoms with van der Waals surface area (Å²) in [5.74, 6) is 1.28. The lowest BCUT2D eigenvalue weighted by atomic mass is 10.1. The molecule has 1 unspecified atom stereocenters. The average Bonchev–Trinajstić information content (AvgIpc) is 2.52. The van der Waals surface area contributed by atoms with Gasteiger partial charge < -0.3 is 15.0 Å². The Hall–Kier alpha value is -0.940. The molecule has 0 saturated heterocycles. The van der Waals surface area contributed by atoms with Crippen LogP contribution in [0, 0.1) is 5.92 Å². The summed E-state index contributed by atoms with van der Waals surface area (Å²) in [6.45, 7) is 7.72. The largest absolute Gasteiger partial charge is 0.373 e. The van der Waals surface area contributed by atoms with Gasteiger partial charge in [0.05, 0.1) is 5.54 Å². The molecular formula is C10H19N3O2. The molecule has 0 spiro atoms. The number of methoxy groups -OCH3 is 1. The van der Waals surface area contributed by atoms with E-state index in [1.54, 1.807) is 7.11 Å². The van der Waals surface area contributed by atoms with Gasteiger partial charge in [-0.25, -0.2) is 0 Å². The Labute approximate surface area is 90.0 Å². The monoisotopic (exact) mass is 213 g/mol. The number of rotatable bonds is 4. The van der Waals surface area contributed by atoms with Crippen molar-refractivity contribution in [1.82, 2.24) is 10.1 Å². The molecule has 0 aliphatic heterocycles. The van der Waals surface area contributed by atoms with Crippen LogP contribution < -0.4 is 5.73 Å². The van der Waals surface area contributed by atoms with E-state index in [1.165, 1.54) is 0 Å². The van der Waals surface area contributed by atoms with E-state index < -0.39 is 5.54 Å². The average molecular weight is 213 g/mol. The molecule has 86 valence electrons. The first-order valence-corrected chi connectivity index (χ1v) is 5.02. The Balaban J connectivity index is 2.92. The summed E-state index contributed by atoms with van der Waals surface area (Å²) >= 11 is 0. The third-order valence-corrected chi connectivity index (χ3v) is 2.11. The van der Waals surface area contributed by atoms with Crippen LogP contribution in [0.1, 0.15) is 45.5 Å². The summed E-state index contributed by atoms with van der Waals surface area (Å²) in [7, 11) is 1.63. The molecule has 0 aromatic carbocycles. The van der Waals surface area contributed by atoms with E-state index in [9.17, 15) is 0 Å². The van der Waals surface area contributed by atoms with E-state index >= 15 is 0 Å². The van der Waals surface area contributed by atoms with Gasteiger partial charge in [-0.3, -0.25) is 0 Å². The summed E-state index contributed by atoms with van der Waals surface area (Å²) in [6.07, 6.45) is -0.148. The minimum absolute atomic E-state index is 0.148. The molecule has 1 aromatic heterocycles. The quantitative estimate of drug-likeness (QED) is 0.822. The maximum absolute atomic E-state index is 5.85. The van der Waals surface area contributed by atoms with Crippen molar-refractivity contribution in [2.24, 2.45) is 11.7 Å². The lowest BCUT2D eigenvalue weighted by Crippen LogP contribution is -2.29. The summed E-state index contributed by atoms with van der Waals surface area (Å²) < 4.78 is 10.4. The predicted molar refractivity (Wildman–Crippen MR) is 56.1 cm³/mol. The Morgan fingerprint density at radius 2 is 2.00 bits per heavy atom. The van der Waals surface area contributed by atoms with Crippen molar-refractivity contribution >= 4 is 0 Å². The van der Waals surface area contributed by atoms with Gasteiger partial charge in [-0.05, 0) is 19.8 Å². The van der Waals surface area contributed by atoms with Crippen LogP contribution in [0.2, 0.25) is 0 Å². The zero-order chi connectivity index (χ0) is 11.6. The Morgan fingerprint density at radius 3 is 2.33 bits per heavy atom. The maximum atomic E-state index is 5.85. The summed E-state index contributed by atoms with van der Waals surface area (Å²) in [5.41, 5.74) is 5.24. The number of nitrogens with zero attached hydrogens (tertiary/aromatic N) is 2. The van der Waals surface area contributed by atoms with Crippen LogP contribution in [-0.4, -0.2) is 17.3 Å². The molecule has 1 rings (SSSR count). The first-order chi connectivity index (χ1) is 6.86. The van der Waals surface area contributed by atoms with Gasteiger partial charge in [0.1, 0.15) is 6.10 Å². The molecule has 5 nitrogen and oxygen atoms in total. The summed E-state index contributed by atoms with van der Waals surface area (Å²) in [4.78, 5) is 4.25. The molecule has 15 heavy (non-hydrogen) atoms.